The van der Waals surface area contributed by atoms with Crippen molar-refractivity contribution >= 4 is 35.8 Å². The van der Waals surface area contributed by atoms with Crippen LogP contribution < -0.4 is 16.0 Å². The molecule has 0 saturated carbocycles. The molecule has 0 fully saturated rings. The van der Waals surface area contributed by atoms with E-state index in [1.165, 1.54) is 12.8 Å². The van der Waals surface area contributed by atoms with Gasteiger partial charge in [-0.1, -0.05) is 40.5 Å². The lowest BCUT2D eigenvalue weighted by Crippen LogP contribution is -2.43. The Bertz CT molecular complexity index is 278. The Hall–Kier alpha value is -0.530. The maximum Gasteiger partial charge on any atom is 0.222 e. The SMILES string of the molecule is CCC(CC)CNC(=NC)NCCNC(=O)C(C)C.I. The number of carbonyl (C=O) groups excluding carboxylic acids is 1. The van der Waals surface area contributed by atoms with Crippen LogP contribution in [0.5, 0.6) is 0 Å². The van der Waals surface area contributed by atoms with Crippen molar-refractivity contribution in [3.05, 3.63) is 0 Å². The average Bonchev–Trinajstić information content (AvgIpc) is 2.41. The highest BCUT2D eigenvalue weighted by Gasteiger charge is 2.06. The zero-order valence-corrected chi connectivity index (χ0v) is 15.8. The van der Waals surface area contributed by atoms with Crippen LogP contribution in [0.25, 0.3) is 0 Å². The number of hydrogen-bond acceptors (Lipinski definition) is 2. The Balaban J connectivity index is 0. The van der Waals surface area contributed by atoms with Crippen LogP contribution >= 0.6 is 24.0 Å². The standard InChI is InChI=1S/C14H30N4O.HI/c1-6-12(7-2)10-18-14(15-5)17-9-8-16-13(19)11(3)4;/h11-12H,6-10H2,1-5H3,(H,16,19)(H2,15,17,18);1H. The Kier molecular flexibility index (Phi) is 14.6. The maximum atomic E-state index is 11.4. The van der Waals surface area contributed by atoms with Gasteiger partial charge in [0.15, 0.2) is 5.96 Å². The Labute approximate surface area is 140 Å². The molecule has 0 aliphatic carbocycles. The first-order valence-corrected chi connectivity index (χ1v) is 7.27. The third-order valence-corrected chi connectivity index (χ3v) is 3.18. The summed E-state index contributed by atoms with van der Waals surface area (Å²) < 4.78 is 0. The van der Waals surface area contributed by atoms with Crippen molar-refractivity contribution in [2.45, 2.75) is 40.5 Å². The first kappa shape index (κ1) is 21.8. The van der Waals surface area contributed by atoms with Gasteiger partial charge in [-0.25, -0.2) is 0 Å². The number of aliphatic imine (C=N–C) groups is 1. The monoisotopic (exact) mass is 398 g/mol. The lowest BCUT2D eigenvalue weighted by Gasteiger charge is -2.17. The summed E-state index contributed by atoms with van der Waals surface area (Å²) in [6.45, 7) is 10.4. The van der Waals surface area contributed by atoms with Crippen LogP contribution in [-0.4, -0.2) is 38.5 Å². The van der Waals surface area contributed by atoms with Crippen LogP contribution in [0.3, 0.4) is 0 Å². The van der Waals surface area contributed by atoms with E-state index in [4.69, 9.17) is 0 Å². The van der Waals surface area contributed by atoms with Crippen LogP contribution in [0.1, 0.15) is 40.5 Å². The molecular formula is C14H31IN4O. The predicted molar refractivity (Wildman–Crippen MR) is 96.7 cm³/mol. The first-order chi connectivity index (χ1) is 9.04. The Morgan fingerprint density at radius 1 is 1.05 bits per heavy atom. The van der Waals surface area contributed by atoms with E-state index in [2.05, 4.69) is 34.8 Å². The first-order valence-electron chi connectivity index (χ1n) is 7.27. The number of halogens is 1. The number of rotatable bonds is 8. The van der Waals surface area contributed by atoms with Crippen molar-refractivity contribution in [1.82, 2.24) is 16.0 Å². The van der Waals surface area contributed by atoms with Gasteiger partial charge in [0.1, 0.15) is 0 Å². The van der Waals surface area contributed by atoms with E-state index in [9.17, 15) is 4.79 Å². The van der Waals surface area contributed by atoms with Gasteiger partial charge in [-0.2, -0.15) is 0 Å². The molecule has 0 aliphatic rings. The molecule has 20 heavy (non-hydrogen) atoms. The van der Waals surface area contributed by atoms with Gasteiger partial charge in [0.2, 0.25) is 5.91 Å². The second-order valence-electron chi connectivity index (χ2n) is 5.01. The van der Waals surface area contributed by atoms with E-state index in [0.717, 1.165) is 12.5 Å². The number of carbonyl (C=O) groups is 1. The van der Waals surface area contributed by atoms with Crippen LogP contribution in [0.2, 0.25) is 0 Å². The molecule has 0 rings (SSSR count). The Morgan fingerprint density at radius 3 is 2.05 bits per heavy atom. The molecule has 3 N–H and O–H groups in total. The fraction of sp³-hybridized carbons (Fsp3) is 0.857. The van der Waals surface area contributed by atoms with Crippen LogP contribution in [-0.2, 0) is 4.79 Å². The van der Waals surface area contributed by atoms with Crippen LogP contribution in [0.4, 0.5) is 0 Å². The topological polar surface area (TPSA) is 65.5 Å². The average molecular weight is 398 g/mol. The molecule has 0 aliphatic heterocycles. The molecule has 6 heteroatoms. The van der Waals surface area contributed by atoms with Gasteiger partial charge >= 0.3 is 0 Å². The number of amides is 1. The maximum absolute atomic E-state index is 11.4. The highest BCUT2D eigenvalue weighted by Crippen LogP contribution is 2.04. The van der Waals surface area contributed by atoms with Gasteiger partial charge in [0.05, 0.1) is 0 Å². The summed E-state index contributed by atoms with van der Waals surface area (Å²) >= 11 is 0. The molecular weight excluding hydrogens is 367 g/mol. The molecule has 0 atom stereocenters. The molecule has 0 bridgehead atoms. The molecule has 0 aromatic carbocycles. The second kappa shape index (κ2) is 13.5. The van der Waals surface area contributed by atoms with Crippen molar-refractivity contribution in [2.24, 2.45) is 16.8 Å². The van der Waals surface area contributed by atoms with Gasteiger partial charge < -0.3 is 16.0 Å². The highest BCUT2D eigenvalue weighted by molar-refractivity contribution is 14.0. The largest absolute Gasteiger partial charge is 0.356 e. The summed E-state index contributed by atoms with van der Waals surface area (Å²) in [6, 6.07) is 0. The van der Waals surface area contributed by atoms with E-state index in [1.54, 1.807) is 7.05 Å². The van der Waals surface area contributed by atoms with Gasteiger partial charge in [-0.3, -0.25) is 9.79 Å². The molecule has 0 aromatic rings. The van der Waals surface area contributed by atoms with Crippen molar-refractivity contribution in [3.8, 4) is 0 Å². The molecule has 0 spiro atoms. The Morgan fingerprint density at radius 2 is 1.60 bits per heavy atom. The fourth-order valence-corrected chi connectivity index (χ4v) is 1.61. The van der Waals surface area contributed by atoms with E-state index >= 15 is 0 Å². The van der Waals surface area contributed by atoms with E-state index in [0.29, 0.717) is 19.0 Å². The number of nitrogens with one attached hydrogen (secondary N) is 3. The summed E-state index contributed by atoms with van der Waals surface area (Å²) in [7, 11) is 1.76. The lowest BCUT2D eigenvalue weighted by molar-refractivity contribution is -0.123. The minimum Gasteiger partial charge on any atom is -0.356 e. The zero-order valence-electron chi connectivity index (χ0n) is 13.5. The van der Waals surface area contributed by atoms with Crippen LogP contribution in [0.15, 0.2) is 4.99 Å². The van der Waals surface area contributed by atoms with E-state index in [-0.39, 0.29) is 35.8 Å². The summed E-state index contributed by atoms with van der Waals surface area (Å²) in [5, 5.41) is 9.36. The van der Waals surface area contributed by atoms with Crippen molar-refractivity contribution in [3.63, 3.8) is 0 Å². The third-order valence-electron chi connectivity index (χ3n) is 3.18. The smallest absolute Gasteiger partial charge is 0.222 e. The molecule has 1 amide bonds. The summed E-state index contributed by atoms with van der Waals surface area (Å²) in [5.41, 5.74) is 0. The summed E-state index contributed by atoms with van der Waals surface area (Å²) in [4.78, 5) is 15.5. The summed E-state index contributed by atoms with van der Waals surface area (Å²) in [6.07, 6.45) is 2.34. The fourth-order valence-electron chi connectivity index (χ4n) is 1.61. The summed E-state index contributed by atoms with van der Waals surface area (Å²) in [5.74, 6) is 1.60. The second-order valence-corrected chi connectivity index (χ2v) is 5.01. The predicted octanol–water partition coefficient (Wildman–Crippen LogP) is 1.98. The van der Waals surface area contributed by atoms with Crippen molar-refractivity contribution in [2.75, 3.05) is 26.7 Å². The molecule has 0 heterocycles. The van der Waals surface area contributed by atoms with Gasteiger partial charge in [-0.15, -0.1) is 24.0 Å². The van der Waals surface area contributed by atoms with Gasteiger partial charge in [0, 0.05) is 32.6 Å². The third kappa shape index (κ3) is 10.3. The molecule has 0 aromatic heterocycles. The highest BCUT2D eigenvalue weighted by atomic mass is 127. The lowest BCUT2D eigenvalue weighted by atomic mass is 10.0. The minimum atomic E-state index is 0. The van der Waals surface area contributed by atoms with Gasteiger partial charge in [-0.05, 0) is 5.92 Å². The molecule has 0 saturated heterocycles. The van der Waals surface area contributed by atoms with E-state index in [1.807, 2.05) is 13.8 Å². The van der Waals surface area contributed by atoms with E-state index < -0.39 is 0 Å². The molecule has 0 unspecified atom stereocenters. The minimum absolute atomic E-state index is 0. The van der Waals surface area contributed by atoms with Crippen molar-refractivity contribution in [1.29, 1.82) is 0 Å². The zero-order chi connectivity index (χ0) is 14.7. The molecule has 0 radical (unpaired) electrons. The number of hydrogen-bond donors (Lipinski definition) is 3. The molecule has 120 valence electrons. The van der Waals surface area contributed by atoms with Crippen LogP contribution in [0, 0.1) is 11.8 Å². The number of nitrogens with zero attached hydrogens (tertiary/aromatic N) is 1. The van der Waals surface area contributed by atoms with Crippen molar-refractivity contribution < 1.29 is 4.79 Å². The van der Waals surface area contributed by atoms with Gasteiger partial charge in [0.25, 0.3) is 0 Å². The quantitative estimate of drug-likeness (QED) is 0.254. The number of guanidine groups is 1. The molecule has 5 nitrogen and oxygen atoms in total. The normalized spacial score (nSPS) is 11.2.